The highest BCUT2D eigenvalue weighted by Crippen LogP contribution is 2.38. The number of rotatable bonds is 2. The average Bonchev–Trinajstić information content (AvgIpc) is 2.86. The van der Waals surface area contributed by atoms with Crippen molar-refractivity contribution in [1.29, 1.82) is 0 Å². The van der Waals surface area contributed by atoms with Crippen molar-refractivity contribution in [1.82, 2.24) is 0 Å². The van der Waals surface area contributed by atoms with E-state index in [-0.39, 0.29) is 6.61 Å². The number of carboxylic acid groups (broad SMARTS) is 1. The summed E-state index contributed by atoms with van der Waals surface area (Å²) in [4.78, 5) is 10.8. The van der Waals surface area contributed by atoms with Crippen molar-refractivity contribution in [2.45, 2.75) is 12.5 Å². The molecule has 1 saturated heterocycles. The molecule has 3 nitrogen and oxygen atoms in total. The van der Waals surface area contributed by atoms with Crippen molar-refractivity contribution in [2.24, 2.45) is 0 Å². The molecule has 0 bridgehead atoms. The summed E-state index contributed by atoms with van der Waals surface area (Å²) in [5.74, 6) is -0.906. The van der Waals surface area contributed by atoms with Crippen LogP contribution in [0.1, 0.15) is 11.1 Å². The standard InChI is InChI=1S/C10H10O3/c1-7-2-4-8(5-3-7)10(6-13-10)9(11)12/h2-5H,6H2,1H3,(H,11,12). The van der Waals surface area contributed by atoms with Crippen LogP contribution in [0.3, 0.4) is 0 Å². The summed E-state index contributed by atoms with van der Waals surface area (Å²) < 4.78 is 4.98. The van der Waals surface area contributed by atoms with Gasteiger partial charge in [0.05, 0.1) is 6.61 Å². The first kappa shape index (κ1) is 8.26. The van der Waals surface area contributed by atoms with E-state index in [4.69, 9.17) is 9.84 Å². The number of ether oxygens (including phenoxy) is 1. The normalized spacial score (nSPS) is 25.6. The van der Waals surface area contributed by atoms with Gasteiger partial charge >= 0.3 is 5.97 Å². The summed E-state index contributed by atoms with van der Waals surface area (Å²) in [7, 11) is 0. The SMILES string of the molecule is Cc1ccc(C2(C(=O)O)CO2)cc1. The maximum absolute atomic E-state index is 10.8. The van der Waals surface area contributed by atoms with E-state index in [0.717, 1.165) is 11.1 Å². The number of carboxylic acids is 1. The topological polar surface area (TPSA) is 49.8 Å². The van der Waals surface area contributed by atoms with E-state index in [1.807, 2.05) is 19.1 Å². The van der Waals surface area contributed by atoms with Gasteiger partial charge in [0.25, 0.3) is 0 Å². The van der Waals surface area contributed by atoms with Crippen molar-refractivity contribution >= 4 is 5.97 Å². The van der Waals surface area contributed by atoms with Crippen LogP contribution in [0.15, 0.2) is 24.3 Å². The quantitative estimate of drug-likeness (QED) is 0.694. The van der Waals surface area contributed by atoms with Crippen molar-refractivity contribution < 1.29 is 14.6 Å². The molecular weight excluding hydrogens is 168 g/mol. The minimum Gasteiger partial charge on any atom is -0.479 e. The van der Waals surface area contributed by atoms with E-state index in [1.165, 1.54) is 0 Å². The maximum Gasteiger partial charge on any atom is 0.343 e. The summed E-state index contributed by atoms with van der Waals surface area (Å²) in [5.41, 5.74) is 0.795. The fourth-order valence-electron chi connectivity index (χ4n) is 1.31. The molecule has 1 fully saturated rings. The molecule has 1 atom stereocenters. The van der Waals surface area contributed by atoms with Crippen LogP contribution in [0.25, 0.3) is 0 Å². The molecule has 1 aliphatic rings. The Balaban J connectivity index is 2.36. The van der Waals surface area contributed by atoms with Gasteiger partial charge in [0.15, 0.2) is 0 Å². The molecule has 1 aliphatic heterocycles. The number of carbonyl (C=O) groups is 1. The van der Waals surface area contributed by atoms with Gasteiger partial charge in [0, 0.05) is 0 Å². The molecule has 0 radical (unpaired) electrons. The molecular formula is C10H10O3. The Hall–Kier alpha value is -1.35. The van der Waals surface area contributed by atoms with Gasteiger partial charge < -0.3 is 9.84 Å². The number of epoxide rings is 1. The van der Waals surface area contributed by atoms with Gasteiger partial charge in [0.1, 0.15) is 0 Å². The third-order valence-electron chi connectivity index (χ3n) is 2.30. The summed E-state index contributed by atoms with van der Waals surface area (Å²) in [6, 6.07) is 7.39. The Kier molecular flexibility index (Phi) is 1.63. The molecule has 0 aromatic heterocycles. The van der Waals surface area contributed by atoms with E-state index < -0.39 is 11.6 Å². The third kappa shape index (κ3) is 1.21. The molecule has 0 saturated carbocycles. The van der Waals surface area contributed by atoms with Gasteiger partial charge in [-0.3, -0.25) is 0 Å². The van der Waals surface area contributed by atoms with E-state index >= 15 is 0 Å². The summed E-state index contributed by atoms with van der Waals surface area (Å²) >= 11 is 0. The Morgan fingerprint density at radius 1 is 1.46 bits per heavy atom. The fraction of sp³-hybridized carbons (Fsp3) is 0.300. The lowest BCUT2D eigenvalue weighted by atomic mass is 9.99. The highest BCUT2D eigenvalue weighted by molar-refractivity contribution is 5.82. The molecule has 1 aromatic rings. The van der Waals surface area contributed by atoms with Crippen LogP contribution in [0.4, 0.5) is 0 Å². The molecule has 1 aromatic carbocycles. The van der Waals surface area contributed by atoms with E-state index in [2.05, 4.69) is 0 Å². The van der Waals surface area contributed by atoms with Crippen LogP contribution in [-0.2, 0) is 15.1 Å². The molecule has 1 unspecified atom stereocenters. The van der Waals surface area contributed by atoms with Crippen LogP contribution in [0.2, 0.25) is 0 Å². The molecule has 13 heavy (non-hydrogen) atoms. The first-order valence-electron chi connectivity index (χ1n) is 4.10. The molecule has 1 heterocycles. The van der Waals surface area contributed by atoms with Crippen LogP contribution in [-0.4, -0.2) is 17.7 Å². The number of hydrogen-bond donors (Lipinski definition) is 1. The summed E-state index contributed by atoms with van der Waals surface area (Å²) in [6.45, 7) is 2.25. The van der Waals surface area contributed by atoms with Gasteiger partial charge in [-0.25, -0.2) is 4.79 Å². The molecule has 2 rings (SSSR count). The first-order valence-corrected chi connectivity index (χ1v) is 4.10. The third-order valence-corrected chi connectivity index (χ3v) is 2.30. The maximum atomic E-state index is 10.8. The van der Waals surface area contributed by atoms with Gasteiger partial charge in [-0.05, 0) is 12.5 Å². The zero-order chi connectivity index (χ0) is 9.47. The van der Waals surface area contributed by atoms with Crippen LogP contribution >= 0.6 is 0 Å². The molecule has 68 valence electrons. The van der Waals surface area contributed by atoms with Crippen molar-refractivity contribution in [3.63, 3.8) is 0 Å². The molecule has 1 N–H and O–H groups in total. The van der Waals surface area contributed by atoms with Crippen LogP contribution in [0.5, 0.6) is 0 Å². The largest absolute Gasteiger partial charge is 0.479 e. The van der Waals surface area contributed by atoms with Crippen molar-refractivity contribution in [3.05, 3.63) is 35.4 Å². The lowest BCUT2D eigenvalue weighted by Gasteiger charge is -2.06. The molecule has 3 heteroatoms. The smallest absolute Gasteiger partial charge is 0.343 e. The second-order valence-electron chi connectivity index (χ2n) is 3.29. The Bertz CT molecular complexity index is 336. The van der Waals surface area contributed by atoms with Gasteiger partial charge in [-0.15, -0.1) is 0 Å². The predicted molar refractivity (Wildman–Crippen MR) is 46.4 cm³/mol. The predicted octanol–water partition coefficient (Wildman–Crippen LogP) is 1.31. The van der Waals surface area contributed by atoms with Crippen molar-refractivity contribution in [3.8, 4) is 0 Å². The summed E-state index contributed by atoms with van der Waals surface area (Å²) in [6.07, 6.45) is 0. The lowest BCUT2D eigenvalue weighted by Crippen LogP contribution is -2.21. The van der Waals surface area contributed by atoms with E-state index in [1.54, 1.807) is 12.1 Å². The second kappa shape index (κ2) is 2.57. The average molecular weight is 178 g/mol. The zero-order valence-corrected chi connectivity index (χ0v) is 7.28. The van der Waals surface area contributed by atoms with Crippen molar-refractivity contribution in [2.75, 3.05) is 6.61 Å². The zero-order valence-electron chi connectivity index (χ0n) is 7.28. The first-order chi connectivity index (χ1) is 6.15. The Morgan fingerprint density at radius 3 is 2.38 bits per heavy atom. The van der Waals surface area contributed by atoms with E-state index in [0.29, 0.717) is 0 Å². The van der Waals surface area contributed by atoms with E-state index in [9.17, 15) is 4.79 Å². The summed E-state index contributed by atoms with van der Waals surface area (Å²) in [5, 5.41) is 8.90. The highest BCUT2D eigenvalue weighted by Gasteiger charge is 2.54. The number of aliphatic carboxylic acids is 1. The molecule has 0 amide bonds. The van der Waals surface area contributed by atoms with Crippen LogP contribution in [0, 0.1) is 6.92 Å². The molecule has 0 aliphatic carbocycles. The minimum atomic E-state index is -1.05. The lowest BCUT2D eigenvalue weighted by molar-refractivity contribution is -0.143. The monoisotopic (exact) mass is 178 g/mol. The van der Waals surface area contributed by atoms with Gasteiger partial charge in [0.2, 0.25) is 5.60 Å². The number of hydrogen-bond acceptors (Lipinski definition) is 2. The van der Waals surface area contributed by atoms with Gasteiger partial charge in [-0.1, -0.05) is 29.8 Å². The highest BCUT2D eigenvalue weighted by atomic mass is 16.6. The number of aryl methyl sites for hydroxylation is 1. The fourth-order valence-corrected chi connectivity index (χ4v) is 1.31. The van der Waals surface area contributed by atoms with Gasteiger partial charge in [-0.2, -0.15) is 0 Å². The van der Waals surface area contributed by atoms with Crippen LogP contribution < -0.4 is 0 Å². The Labute approximate surface area is 76.0 Å². The number of benzene rings is 1. The minimum absolute atomic E-state index is 0.283. The second-order valence-corrected chi connectivity index (χ2v) is 3.29. The Morgan fingerprint density at radius 2 is 2.00 bits per heavy atom. The molecule has 0 spiro atoms.